The fourth-order valence-electron chi connectivity index (χ4n) is 3.52. The molecule has 0 saturated heterocycles. The van der Waals surface area contributed by atoms with Gasteiger partial charge in [0.25, 0.3) is 0 Å². The van der Waals surface area contributed by atoms with E-state index >= 15 is 0 Å². The molecule has 0 aromatic heterocycles. The Morgan fingerprint density at radius 1 is 0.848 bits per heavy atom. The van der Waals surface area contributed by atoms with Gasteiger partial charge in [-0.25, -0.2) is 9.59 Å². The van der Waals surface area contributed by atoms with Gasteiger partial charge in [0.15, 0.2) is 6.10 Å². The molecule has 1 atom stereocenters. The van der Waals surface area contributed by atoms with Gasteiger partial charge in [-0.15, -0.1) is 0 Å². The zero-order valence-corrected chi connectivity index (χ0v) is 17.8. The van der Waals surface area contributed by atoms with Crippen molar-refractivity contribution in [3.05, 3.63) is 97.1 Å². The number of para-hydroxylation sites is 1. The Morgan fingerprint density at radius 2 is 1.55 bits per heavy atom. The van der Waals surface area contributed by atoms with Gasteiger partial charge < -0.3 is 19.3 Å². The van der Waals surface area contributed by atoms with Crippen LogP contribution in [0.3, 0.4) is 0 Å². The molecule has 166 valence electrons. The molecule has 0 radical (unpaired) electrons. The molecule has 1 unspecified atom stereocenters. The number of hydrogen-bond acceptors (Lipinski definition) is 5. The maximum Gasteiger partial charge on any atom is 0.335 e. The van der Waals surface area contributed by atoms with E-state index in [1.807, 2.05) is 48.5 Å². The number of carbonyl (C=O) groups is 2. The first kappa shape index (κ1) is 21.9. The fourth-order valence-corrected chi connectivity index (χ4v) is 3.52. The number of carbonyl (C=O) groups excluding carboxylic acids is 1. The Balaban J connectivity index is 1.66. The van der Waals surface area contributed by atoms with Crippen LogP contribution >= 0.6 is 0 Å². The predicted molar refractivity (Wildman–Crippen MR) is 126 cm³/mol. The molecule has 4 aromatic rings. The molecule has 4 rings (SSSR count). The highest BCUT2D eigenvalue weighted by atomic mass is 16.6. The van der Waals surface area contributed by atoms with E-state index in [1.165, 1.54) is 0 Å². The number of rotatable bonds is 9. The van der Waals surface area contributed by atoms with E-state index < -0.39 is 18.0 Å². The number of fused-ring (bicyclic) bond motifs is 2. The molecule has 0 saturated carbocycles. The van der Waals surface area contributed by atoms with Gasteiger partial charge in [0.2, 0.25) is 0 Å². The van der Waals surface area contributed by atoms with Crippen molar-refractivity contribution in [1.82, 2.24) is 0 Å². The Bertz CT molecular complexity index is 1310. The fraction of sp³-hybridized carbons (Fsp3) is 0.111. The molecular weight excluding hydrogens is 420 g/mol. The molecule has 6 heteroatoms. The molecule has 0 fully saturated rings. The number of esters is 1. The summed E-state index contributed by atoms with van der Waals surface area (Å²) in [5.41, 5.74) is 0.157. The van der Waals surface area contributed by atoms with Crippen LogP contribution in [0.15, 0.2) is 91.5 Å². The van der Waals surface area contributed by atoms with Crippen LogP contribution < -0.4 is 9.47 Å². The molecule has 0 amide bonds. The summed E-state index contributed by atoms with van der Waals surface area (Å²) in [6.07, 6.45) is 0.370. The molecule has 4 aromatic carbocycles. The zero-order chi connectivity index (χ0) is 23.2. The van der Waals surface area contributed by atoms with Crippen molar-refractivity contribution in [3.8, 4) is 11.5 Å². The first-order chi connectivity index (χ1) is 16.0. The van der Waals surface area contributed by atoms with Gasteiger partial charge in [0, 0.05) is 16.8 Å². The Morgan fingerprint density at radius 3 is 2.30 bits per heavy atom. The minimum atomic E-state index is -1.02. The highest BCUT2D eigenvalue weighted by Gasteiger charge is 2.18. The quantitative estimate of drug-likeness (QED) is 0.217. The van der Waals surface area contributed by atoms with Crippen LogP contribution in [0.4, 0.5) is 0 Å². The second kappa shape index (κ2) is 9.87. The predicted octanol–water partition coefficient (Wildman–Crippen LogP) is 5.25. The summed E-state index contributed by atoms with van der Waals surface area (Å²) >= 11 is 0. The number of benzene rings is 4. The Hall–Kier alpha value is -4.32. The average Bonchev–Trinajstić information content (AvgIpc) is 2.84. The number of aromatic carboxylic acids is 1. The number of hydrogen-bond donors (Lipinski definition) is 1. The van der Waals surface area contributed by atoms with Crippen molar-refractivity contribution in [1.29, 1.82) is 0 Å². The highest BCUT2D eigenvalue weighted by molar-refractivity contribution is 6.07. The maximum atomic E-state index is 11.9. The van der Waals surface area contributed by atoms with E-state index in [9.17, 15) is 14.7 Å². The third-order valence-corrected chi connectivity index (χ3v) is 5.10. The molecule has 0 bridgehead atoms. The Kier molecular flexibility index (Phi) is 6.55. The van der Waals surface area contributed by atoms with Crippen LogP contribution in [0.2, 0.25) is 0 Å². The van der Waals surface area contributed by atoms with E-state index in [-0.39, 0.29) is 18.8 Å². The minimum absolute atomic E-state index is 0.00677. The second-order valence-electron chi connectivity index (χ2n) is 7.37. The molecule has 0 spiro atoms. The van der Waals surface area contributed by atoms with E-state index in [4.69, 9.17) is 14.2 Å². The summed E-state index contributed by atoms with van der Waals surface area (Å²) in [6.45, 7) is 3.53. The normalized spacial score (nSPS) is 11.6. The monoisotopic (exact) mass is 442 g/mol. The van der Waals surface area contributed by atoms with Crippen LogP contribution in [0.5, 0.6) is 11.5 Å². The van der Waals surface area contributed by atoms with Crippen molar-refractivity contribution in [2.45, 2.75) is 6.10 Å². The topological polar surface area (TPSA) is 82.1 Å². The summed E-state index contributed by atoms with van der Waals surface area (Å²) in [6, 6.07) is 23.7. The van der Waals surface area contributed by atoms with Crippen LogP contribution in [0, 0.1) is 0 Å². The summed E-state index contributed by atoms with van der Waals surface area (Å²) in [5, 5.41) is 12.7. The van der Waals surface area contributed by atoms with Crippen LogP contribution in [-0.4, -0.2) is 36.4 Å². The van der Waals surface area contributed by atoms with Crippen LogP contribution in [-0.2, 0) is 9.53 Å². The molecule has 6 nitrogen and oxygen atoms in total. The van der Waals surface area contributed by atoms with Gasteiger partial charge in [0.1, 0.15) is 24.7 Å². The summed E-state index contributed by atoms with van der Waals surface area (Å²) in [5.74, 6) is -0.453. The lowest BCUT2D eigenvalue weighted by molar-refractivity contribution is -0.146. The van der Waals surface area contributed by atoms with Crippen molar-refractivity contribution in [2.24, 2.45) is 0 Å². The second-order valence-corrected chi connectivity index (χ2v) is 7.37. The molecule has 0 aliphatic rings. The van der Waals surface area contributed by atoms with Crippen LogP contribution in [0.1, 0.15) is 10.4 Å². The maximum absolute atomic E-state index is 11.9. The van der Waals surface area contributed by atoms with Crippen molar-refractivity contribution in [3.63, 3.8) is 0 Å². The first-order valence-electron chi connectivity index (χ1n) is 10.4. The molecule has 33 heavy (non-hydrogen) atoms. The third kappa shape index (κ3) is 5.13. The van der Waals surface area contributed by atoms with Crippen molar-refractivity contribution >= 4 is 33.5 Å². The highest BCUT2D eigenvalue weighted by Crippen LogP contribution is 2.35. The third-order valence-electron chi connectivity index (χ3n) is 5.10. The number of carboxylic acids is 1. The lowest BCUT2D eigenvalue weighted by Crippen LogP contribution is -2.30. The molecule has 1 N–H and O–H groups in total. The van der Waals surface area contributed by atoms with E-state index in [0.717, 1.165) is 22.2 Å². The van der Waals surface area contributed by atoms with Gasteiger partial charge in [-0.2, -0.15) is 0 Å². The molecule has 0 aliphatic heterocycles. The van der Waals surface area contributed by atoms with E-state index in [0.29, 0.717) is 16.9 Å². The summed E-state index contributed by atoms with van der Waals surface area (Å²) < 4.78 is 17.4. The van der Waals surface area contributed by atoms with Crippen molar-refractivity contribution < 1.29 is 28.9 Å². The zero-order valence-electron chi connectivity index (χ0n) is 17.8. The summed E-state index contributed by atoms with van der Waals surface area (Å²) in [7, 11) is 0. The van der Waals surface area contributed by atoms with Crippen LogP contribution in [0.25, 0.3) is 21.5 Å². The molecular formula is C27H22O6. The molecule has 0 heterocycles. The first-order valence-corrected chi connectivity index (χ1v) is 10.4. The van der Waals surface area contributed by atoms with Gasteiger partial charge >= 0.3 is 11.9 Å². The van der Waals surface area contributed by atoms with E-state index in [1.54, 1.807) is 30.3 Å². The van der Waals surface area contributed by atoms with Gasteiger partial charge in [-0.05, 0) is 41.1 Å². The summed E-state index contributed by atoms with van der Waals surface area (Å²) in [4.78, 5) is 23.4. The lowest BCUT2D eigenvalue weighted by Gasteiger charge is -2.20. The van der Waals surface area contributed by atoms with Gasteiger partial charge in [-0.3, -0.25) is 0 Å². The van der Waals surface area contributed by atoms with Crippen molar-refractivity contribution in [2.75, 3.05) is 13.2 Å². The lowest BCUT2D eigenvalue weighted by atomic mass is 10.00. The smallest absolute Gasteiger partial charge is 0.335 e. The number of carboxylic acid groups (broad SMARTS) is 1. The van der Waals surface area contributed by atoms with E-state index in [2.05, 4.69) is 6.58 Å². The molecule has 0 aliphatic carbocycles. The van der Waals surface area contributed by atoms with Gasteiger partial charge in [-0.1, -0.05) is 55.1 Å². The number of ether oxygens (including phenoxy) is 3. The average molecular weight is 442 g/mol. The Labute approximate surface area is 190 Å². The van der Waals surface area contributed by atoms with Gasteiger partial charge in [0.05, 0.1) is 5.56 Å². The minimum Gasteiger partial charge on any atom is -0.490 e. The standard InChI is InChI=1S/C27H22O6/c1-2-25(28)33-22(16-31-21-9-4-3-5-10-21)17-32-26-23-11-7-6-8-18(23)14-19-12-13-20(27(29)30)15-24(19)26/h2-15,22H,1,16-17H2,(H,29,30). The largest absolute Gasteiger partial charge is 0.490 e. The SMILES string of the molecule is C=CC(=O)OC(COc1ccccc1)COc1c2ccccc2cc2ccc(C(=O)O)cc12.